The molecule has 0 spiro atoms. The lowest BCUT2D eigenvalue weighted by Gasteiger charge is -2.51. The molecule has 112 valence electrons. The molecule has 3 rings (SSSR count). The van der Waals surface area contributed by atoms with Crippen molar-refractivity contribution in [2.75, 3.05) is 6.61 Å². The maximum Gasteiger partial charge on any atom is 0.124 e. The van der Waals surface area contributed by atoms with Crippen molar-refractivity contribution in [2.24, 2.45) is 17.3 Å². The number of aliphatic hydroxyl groups is 1. The zero-order chi connectivity index (χ0) is 15.1. The predicted octanol–water partition coefficient (Wildman–Crippen LogP) is 3.32. The van der Waals surface area contributed by atoms with Gasteiger partial charge < -0.3 is 9.84 Å². The molecule has 1 N–H and O–H groups in total. The van der Waals surface area contributed by atoms with Gasteiger partial charge in [-0.05, 0) is 42.7 Å². The Morgan fingerprint density at radius 1 is 1.33 bits per heavy atom. The van der Waals surface area contributed by atoms with Crippen LogP contribution in [0, 0.1) is 28.6 Å². The Morgan fingerprint density at radius 3 is 2.81 bits per heavy atom. The molecule has 3 heteroatoms. The second-order valence-corrected chi connectivity index (χ2v) is 6.97. The van der Waals surface area contributed by atoms with Gasteiger partial charge in [-0.2, -0.15) is 5.26 Å². The normalized spacial score (nSPS) is 39.0. The van der Waals surface area contributed by atoms with Crippen LogP contribution in [0.3, 0.4) is 0 Å². The van der Waals surface area contributed by atoms with Gasteiger partial charge in [0, 0.05) is 6.42 Å². The monoisotopic (exact) mass is 285 g/mol. The number of para-hydroxylation sites is 1. The molecular formula is C18H23NO2. The highest BCUT2D eigenvalue weighted by Crippen LogP contribution is 2.51. The van der Waals surface area contributed by atoms with E-state index in [1.165, 1.54) is 0 Å². The third-order valence-corrected chi connectivity index (χ3v) is 5.57. The summed E-state index contributed by atoms with van der Waals surface area (Å²) in [4.78, 5) is 0. The molecule has 1 heterocycles. The predicted molar refractivity (Wildman–Crippen MR) is 80.8 cm³/mol. The summed E-state index contributed by atoms with van der Waals surface area (Å²) in [6, 6.07) is 10.3. The zero-order valence-corrected chi connectivity index (χ0v) is 12.8. The second-order valence-electron chi connectivity index (χ2n) is 6.97. The van der Waals surface area contributed by atoms with Crippen LogP contribution in [0.1, 0.15) is 38.7 Å². The highest BCUT2D eigenvalue weighted by molar-refractivity contribution is 5.39. The van der Waals surface area contributed by atoms with Crippen molar-refractivity contribution >= 4 is 0 Å². The van der Waals surface area contributed by atoms with Crippen LogP contribution in [0.5, 0.6) is 5.75 Å². The number of benzene rings is 1. The summed E-state index contributed by atoms with van der Waals surface area (Å²) >= 11 is 0. The van der Waals surface area contributed by atoms with Gasteiger partial charge in [-0.25, -0.2) is 0 Å². The number of rotatable bonds is 1. The number of nitrogens with zero attached hydrogens (tertiary/aromatic N) is 1. The lowest BCUT2D eigenvalue weighted by atomic mass is 9.57. The van der Waals surface area contributed by atoms with Crippen molar-refractivity contribution in [1.82, 2.24) is 0 Å². The summed E-state index contributed by atoms with van der Waals surface area (Å²) in [6.07, 6.45) is 3.22. The Hall–Kier alpha value is -1.53. The Balaban J connectivity index is 1.97. The summed E-state index contributed by atoms with van der Waals surface area (Å²) in [5, 5.41) is 21.2. The smallest absolute Gasteiger partial charge is 0.124 e. The Kier molecular flexibility index (Phi) is 3.45. The second kappa shape index (κ2) is 5.03. The molecule has 0 bridgehead atoms. The maximum atomic E-state index is 11.4. The standard InChI is InChI=1S/C18H23NO2/c1-13-7-8-18(20,14(2)9-13)17(11-19)10-15-5-3-4-6-16(15)21-12-17/h3-6,13-14,20H,7-10,12H2,1-2H3. The maximum absolute atomic E-state index is 11.4. The van der Waals surface area contributed by atoms with Gasteiger partial charge in [0.25, 0.3) is 0 Å². The van der Waals surface area contributed by atoms with E-state index in [2.05, 4.69) is 19.9 Å². The van der Waals surface area contributed by atoms with Crippen molar-refractivity contribution in [3.63, 3.8) is 0 Å². The first-order valence-electron chi connectivity index (χ1n) is 7.85. The van der Waals surface area contributed by atoms with E-state index < -0.39 is 11.0 Å². The number of ether oxygens (including phenoxy) is 1. The minimum atomic E-state index is -0.957. The van der Waals surface area contributed by atoms with Crippen LogP contribution in [-0.4, -0.2) is 17.3 Å². The van der Waals surface area contributed by atoms with Crippen LogP contribution >= 0.6 is 0 Å². The van der Waals surface area contributed by atoms with Gasteiger partial charge in [-0.1, -0.05) is 32.0 Å². The first-order valence-corrected chi connectivity index (χ1v) is 7.85. The molecule has 1 aromatic carbocycles. The minimum Gasteiger partial charge on any atom is -0.492 e. The Morgan fingerprint density at radius 2 is 2.10 bits per heavy atom. The van der Waals surface area contributed by atoms with E-state index in [0.717, 1.165) is 24.2 Å². The van der Waals surface area contributed by atoms with E-state index in [1.54, 1.807) is 0 Å². The molecule has 0 radical (unpaired) electrons. The van der Waals surface area contributed by atoms with E-state index in [-0.39, 0.29) is 12.5 Å². The molecule has 3 nitrogen and oxygen atoms in total. The number of fused-ring (bicyclic) bond motifs is 1. The molecule has 1 aliphatic heterocycles. The van der Waals surface area contributed by atoms with Crippen molar-refractivity contribution in [2.45, 2.75) is 45.1 Å². The highest BCUT2D eigenvalue weighted by Gasteiger charge is 2.57. The molecule has 21 heavy (non-hydrogen) atoms. The van der Waals surface area contributed by atoms with Crippen molar-refractivity contribution in [1.29, 1.82) is 5.26 Å². The molecule has 1 aromatic rings. The third kappa shape index (κ3) is 2.13. The van der Waals surface area contributed by atoms with Gasteiger partial charge in [0.2, 0.25) is 0 Å². The van der Waals surface area contributed by atoms with E-state index in [4.69, 9.17) is 4.74 Å². The Labute approximate surface area is 126 Å². The molecule has 2 aliphatic rings. The topological polar surface area (TPSA) is 53.2 Å². The zero-order valence-electron chi connectivity index (χ0n) is 12.8. The van der Waals surface area contributed by atoms with Crippen LogP contribution in [0.4, 0.5) is 0 Å². The summed E-state index contributed by atoms with van der Waals surface area (Å²) in [6.45, 7) is 4.59. The molecule has 1 saturated carbocycles. The Bertz CT molecular complexity index is 579. The lowest BCUT2D eigenvalue weighted by Crippen LogP contribution is -2.59. The molecule has 4 unspecified atom stereocenters. The van der Waals surface area contributed by atoms with Crippen LogP contribution in [-0.2, 0) is 6.42 Å². The molecule has 1 aliphatic carbocycles. The number of nitriles is 1. The van der Waals surface area contributed by atoms with Crippen molar-refractivity contribution in [3.05, 3.63) is 29.8 Å². The fraction of sp³-hybridized carbons (Fsp3) is 0.611. The third-order valence-electron chi connectivity index (χ3n) is 5.57. The van der Waals surface area contributed by atoms with Gasteiger partial charge in [-0.3, -0.25) is 0 Å². The lowest BCUT2D eigenvalue weighted by molar-refractivity contribution is -0.143. The molecule has 0 aromatic heterocycles. The molecule has 0 saturated heterocycles. The molecule has 4 atom stereocenters. The van der Waals surface area contributed by atoms with Crippen molar-refractivity contribution in [3.8, 4) is 11.8 Å². The van der Waals surface area contributed by atoms with Gasteiger partial charge >= 0.3 is 0 Å². The molecule has 1 fully saturated rings. The minimum absolute atomic E-state index is 0.120. The van der Waals surface area contributed by atoms with Gasteiger partial charge in [-0.15, -0.1) is 0 Å². The molecular weight excluding hydrogens is 262 g/mol. The summed E-state index contributed by atoms with van der Waals surface area (Å²) < 4.78 is 5.84. The van der Waals surface area contributed by atoms with Crippen LogP contribution < -0.4 is 4.74 Å². The summed E-state index contributed by atoms with van der Waals surface area (Å²) in [7, 11) is 0. The SMILES string of the molecule is CC1CCC(O)(C2(C#N)COc3ccccc3C2)C(C)C1. The van der Waals surface area contributed by atoms with Crippen LogP contribution in [0.2, 0.25) is 0 Å². The molecule has 0 amide bonds. The van der Waals surface area contributed by atoms with E-state index in [9.17, 15) is 10.4 Å². The number of hydrogen-bond acceptors (Lipinski definition) is 3. The largest absolute Gasteiger partial charge is 0.492 e. The fourth-order valence-corrected chi connectivity index (χ4v) is 4.15. The number of hydrogen-bond donors (Lipinski definition) is 1. The first-order chi connectivity index (χ1) is 10.0. The van der Waals surface area contributed by atoms with Gasteiger partial charge in [0.1, 0.15) is 17.8 Å². The van der Waals surface area contributed by atoms with E-state index in [0.29, 0.717) is 18.8 Å². The van der Waals surface area contributed by atoms with Gasteiger partial charge in [0.05, 0.1) is 11.7 Å². The van der Waals surface area contributed by atoms with Gasteiger partial charge in [0.15, 0.2) is 0 Å². The van der Waals surface area contributed by atoms with Crippen molar-refractivity contribution < 1.29 is 9.84 Å². The fourth-order valence-electron chi connectivity index (χ4n) is 4.15. The van der Waals surface area contributed by atoms with E-state index >= 15 is 0 Å². The van der Waals surface area contributed by atoms with E-state index in [1.807, 2.05) is 24.3 Å². The average molecular weight is 285 g/mol. The first kappa shape index (κ1) is 14.4. The highest BCUT2D eigenvalue weighted by atomic mass is 16.5. The average Bonchev–Trinajstić information content (AvgIpc) is 2.50. The van der Waals surface area contributed by atoms with Crippen LogP contribution in [0.25, 0.3) is 0 Å². The quantitative estimate of drug-likeness (QED) is 0.861. The summed E-state index contributed by atoms with van der Waals surface area (Å²) in [5.41, 5.74) is -0.757. The summed E-state index contributed by atoms with van der Waals surface area (Å²) in [5.74, 6) is 1.59. The van der Waals surface area contributed by atoms with Crippen LogP contribution in [0.15, 0.2) is 24.3 Å².